The molecule has 0 aliphatic heterocycles. The highest BCUT2D eigenvalue weighted by molar-refractivity contribution is 8.00. The molecule has 0 saturated carbocycles. The Hall–Kier alpha value is -3.21. The average molecular weight is 435 g/mol. The molecular formula is C19H19F2N5O3S. The number of amides is 1. The maximum atomic E-state index is 12.6. The van der Waals surface area contributed by atoms with Crippen LogP contribution in [0.15, 0.2) is 53.7 Å². The molecule has 158 valence electrons. The fourth-order valence-corrected chi connectivity index (χ4v) is 3.29. The highest BCUT2D eigenvalue weighted by Gasteiger charge is 2.20. The predicted molar refractivity (Wildman–Crippen MR) is 107 cm³/mol. The van der Waals surface area contributed by atoms with Crippen LogP contribution in [0, 0.1) is 0 Å². The lowest BCUT2D eigenvalue weighted by Gasteiger charge is -2.14. The van der Waals surface area contributed by atoms with Crippen molar-refractivity contribution >= 4 is 23.4 Å². The second-order valence-electron chi connectivity index (χ2n) is 6.09. The zero-order valence-corrected chi connectivity index (χ0v) is 17.0. The molecule has 2 aromatic carbocycles. The predicted octanol–water partition coefficient (Wildman–Crippen LogP) is 3.45. The van der Waals surface area contributed by atoms with Crippen LogP contribution in [0.3, 0.4) is 0 Å². The maximum Gasteiger partial charge on any atom is 0.387 e. The van der Waals surface area contributed by atoms with Gasteiger partial charge in [-0.05, 0) is 47.2 Å². The number of alkyl halides is 2. The lowest BCUT2D eigenvalue weighted by Crippen LogP contribution is -2.23. The number of tetrazole rings is 1. The third kappa shape index (κ3) is 5.66. The van der Waals surface area contributed by atoms with Crippen molar-refractivity contribution in [2.45, 2.75) is 30.5 Å². The number of nitrogens with zero attached hydrogens (tertiary/aromatic N) is 4. The summed E-state index contributed by atoms with van der Waals surface area (Å²) in [7, 11) is 1.59. The number of halogens is 2. The first-order valence-corrected chi connectivity index (χ1v) is 9.74. The Kier molecular flexibility index (Phi) is 7.17. The molecule has 1 N–H and O–H groups in total. The number of anilines is 1. The smallest absolute Gasteiger partial charge is 0.387 e. The summed E-state index contributed by atoms with van der Waals surface area (Å²) < 4.78 is 36.2. The summed E-state index contributed by atoms with van der Waals surface area (Å²) in [5.41, 5.74) is 1.12. The van der Waals surface area contributed by atoms with Gasteiger partial charge in [0.2, 0.25) is 11.1 Å². The van der Waals surface area contributed by atoms with Gasteiger partial charge in [-0.3, -0.25) is 4.79 Å². The van der Waals surface area contributed by atoms with E-state index in [0.29, 0.717) is 11.7 Å². The Morgan fingerprint density at radius 3 is 2.63 bits per heavy atom. The molecule has 0 spiro atoms. The van der Waals surface area contributed by atoms with Crippen molar-refractivity contribution in [2.75, 3.05) is 12.4 Å². The van der Waals surface area contributed by atoms with Crippen molar-refractivity contribution in [3.63, 3.8) is 0 Å². The van der Waals surface area contributed by atoms with E-state index in [2.05, 4.69) is 25.6 Å². The van der Waals surface area contributed by atoms with Gasteiger partial charge in [0.15, 0.2) is 0 Å². The number of hydrogen-bond donors (Lipinski definition) is 1. The Balaban J connectivity index is 1.64. The van der Waals surface area contributed by atoms with Crippen LogP contribution in [0.4, 0.5) is 14.5 Å². The molecular weight excluding hydrogens is 416 g/mol. The number of benzene rings is 2. The largest absolute Gasteiger partial charge is 0.497 e. The lowest BCUT2D eigenvalue weighted by atomic mass is 10.2. The summed E-state index contributed by atoms with van der Waals surface area (Å²) >= 11 is 1.15. The van der Waals surface area contributed by atoms with Gasteiger partial charge in [0.05, 0.1) is 24.6 Å². The number of carbonyl (C=O) groups is 1. The van der Waals surface area contributed by atoms with Crippen LogP contribution >= 0.6 is 11.8 Å². The summed E-state index contributed by atoms with van der Waals surface area (Å²) in [5, 5.41) is 14.1. The number of thioether (sulfide) groups is 1. The molecule has 3 rings (SSSR count). The van der Waals surface area contributed by atoms with E-state index in [1.54, 1.807) is 30.8 Å². The number of hydrogen-bond acceptors (Lipinski definition) is 7. The molecule has 1 atom stereocenters. The van der Waals surface area contributed by atoms with Crippen molar-refractivity contribution in [1.82, 2.24) is 20.2 Å². The Morgan fingerprint density at radius 2 is 1.93 bits per heavy atom. The molecule has 0 saturated heterocycles. The van der Waals surface area contributed by atoms with E-state index in [1.807, 2.05) is 24.3 Å². The monoisotopic (exact) mass is 435 g/mol. The lowest BCUT2D eigenvalue weighted by molar-refractivity contribution is -0.115. The van der Waals surface area contributed by atoms with E-state index in [9.17, 15) is 13.6 Å². The van der Waals surface area contributed by atoms with Gasteiger partial charge in [-0.25, -0.2) is 4.68 Å². The molecule has 11 heteroatoms. The van der Waals surface area contributed by atoms with E-state index >= 15 is 0 Å². The van der Waals surface area contributed by atoms with Gasteiger partial charge in [0.25, 0.3) is 0 Å². The quantitative estimate of drug-likeness (QED) is 0.515. The first-order valence-electron chi connectivity index (χ1n) is 8.86. The number of nitrogens with one attached hydrogen (secondary N) is 1. The van der Waals surface area contributed by atoms with E-state index in [-0.39, 0.29) is 11.4 Å². The summed E-state index contributed by atoms with van der Waals surface area (Å²) in [6, 6.07) is 13.5. The number of aromatic nitrogens is 4. The Labute approximate surface area is 175 Å². The number of carbonyl (C=O) groups excluding carboxylic acids is 1. The van der Waals surface area contributed by atoms with Crippen LogP contribution in [-0.2, 0) is 11.3 Å². The van der Waals surface area contributed by atoms with Gasteiger partial charge in [-0.2, -0.15) is 8.78 Å². The van der Waals surface area contributed by atoms with Crippen LogP contribution in [-0.4, -0.2) is 45.1 Å². The Bertz CT molecular complexity index is 984. The highest BCUT2D eigenvalue weighted by Crippen LogP contribution is 2.28. The third-order valence-corrected chi connectivity index (χ3v) is 5.07. The van der Waals surface area contributed by atoms with Gasteiger partial charge >= 0.3 is 6.61 Å². The van der Waals surface area contributed by atoms with Gasteiger partial charge in [0.1, 0.15) is 11.5 Å². The molecule has 1 heterocycles. The summed E-state index contributed by atoms with van der Waals surface area (Å²) in [4.78, 5) is 12.6. The molecule has 1 unspecified atom stereocenters. The zero-order chi connectivity index (χ0) is 21.5. The molecule has 0 bridgehead atoms. The average Bonchev–Trinajstić information content (AvgIpc) is 3.16. The molecule has 0 aliphatic carbocycles. The summed E-state index contributed by atoms with van der Waals surface area (Å²) in [6.45, 7) is -0.903. The first-order chi connectivity index (χ1) is 14.5. The molecule has 0 fully saturated rings. The second-order valence-corrected chi connectivity index (χ2v) is 7.40. The third-order valence-electron chi connectivity index (χ3n) is 4.00. The number of methoxy groups -OCH3 is 1. The van der Waals surface area contributed by atoms with Gasteiger partial charge in [-0.15, -0.1) is 5.10 Å². The van der Waals surface area contributed by atoms with Gasteiger partial charge in [-0.1, -0.05) is 36.0 Å². The minimum atomic E-state index is -2.99. The van der Waals surface area contributed by atoms with Crippen molar-refractivity contribution in [2.24, 2.45) is 0 Å². The summed E-state index contributed by atoms with van der Waals surface area (Å²) in [6.07, 6.45) is 0. The first kappa shape index (κ1) is 21.5. The summed E-state index contributed by atoms with van der Waals surface area (Å²) in [5.74, 6) is 0.234. The number of rotatable bonds is 9. The number of ether oxygens (including phenoxy) is 2. The number of para-hydroxylation sites is 2. The fourth-order valence-electron chi connectivity index (χ4n) is 2.50. The molecule has 1 amide bonds. The van der Waals surface area contributed by atoms with E-state index in [1.165, 1.54) is 12.1 Å². The van der Waals surface area contributed by atoms with Crippen molar-refractivity contribution < 1.29 is 23.0 Å². The van der Waals surface area contributed by atoms with Gasteiger partial charge in [0, 0.05) is 0 Å². The molecule has 3 aromatic rings. The SMILES string of the molecule is COc1ccc(Cn2nnnc2SC(C)C(=O)Nc2ccccc2OC(F)F)cc1. The van der Waals surface area contributed by atoms with Crippen molar-refractivity contribution in [3.05, 3.63) is 54.1 Å². The van der Waals surface area contributed by atoms with Crippen LogP contribution in [0.2, 0.25) is 0 Å². The minimum absolute atomic E-state index is 0.109. The van der Waals surface area contributed by atoms with E-state index in [0.717, 1.165) is 23.1 Å². The minimum Gasteiger partial charge on any atom is -0.497 e. The van der Waals surface area contributed by atoms with Crippen molar-refractivity contribution in [1.29, 1.82) is 0 Å². The normalized spacial score (nSPS) is 11.9. The fraction of sp³-hybridized carbons (Fsp3) is 0.263. The zero-order valence-electron chi connectivity index (χ0n) is 16.2. The maximum absolute atomic E-state index is 12.6. The highest BCUT2D eigenvalue weighted by atomic mass is 32.2. The molecule has 0 aliphatic rings. The molecule has 0 radical (unpaired) electrons. The van der Waals surface area contributed by atoms with Crippen LogP contribution in [0.25, 0.3) is 0 Å². The molecule has 30 heavy (non-hydrogen) atoms. The molecule has 8 nitrogen and oxygen atoms in total. The second kappa shape index (κ2) is 10.0. The van der Waals surface area contributed by atoms with E-state index < -0.39 is 17.8 Å². The van der Waals surface area contributed by atoms with Gasteiger partial charge < -0.3 is 14.8 Å². The Morgan fingerprint density at radius 1 is 1.20 bits per heavy atom. The van der Waals surface area contributed by atoms with Crippen LogP contribution < -0.4 is 14.8 Å². The molecule has 1 aromatic heterocycles. The van der Waals surface area contributed by atoms with Crippen LogP contribution in [0.5, 0.6) is 11.5 Å². The standard InChI is InChI=1S/C19H19F2N5O3S/c1-12(17(27)22-15-5-3-4-6-16(15)29-18(20)21)30-19-23-24-25-26(19)11-13-7-9-14(28-2)10-8-13/h3-10,12,18H,11H2,1-2H3,(H,22,27). The van der Waals surface area contributed by atoms with Crippen LogP contribution in [0.1, 0.15) is 12.5 Å². The van der Waals surface area contributed by atoms with E-state index in [4.69, 9.17) is 4.74 Å². The van der Waals surface area contributed by atoms with Crippen molar-refractivity contribution in [3.8, 4) is 11.5 Å². The topological polar surface area (TPSA) is 91.2 Å².